The van der Waals surface area contributed by atoms with Gasteiger partial charge in [-0.05, 0) is 27.7 Å². The maximum Gasteiger partial charge on any atom is 0.342 e. The molecule has 0 aliphatic heterocycles. The minimum absolute atomic E-state index is 0.104. The van der Waals surface area contributed by atoms with E-state index >= 15 is 0 Å². The largest absolute Gasteiger partial charge is 0.462 e. The number of nitrogens with two attached hydrogens (primary N) is 1. The van der Waals surface area contributed by atoms with Gasteiger partial charge >= 0.3 is 5.97 Å². The number of carbonyl (C=O) groups excluding carboxylic acids is 3. The Bertz CT molecular complexity index is 1150. The van der Waals surface area contributed by atoms with Gasteiger partial charge in [0.2, 0.25) is 11.8 Å². The molecule has 31 heavy (non-hydrogen) atoms. The van der Waals surface area contributed by atoms with Gasteiger partial charge in [0.25, 0.3) is 17.0 Å². The lowest BCUT2D eigenvalue weighted by Crippen LogP contribution is -2.21. The Morgan fingerprint density at radius 2 is 1.90 bits per heavy atom. The molecule has 0 spiro atoms. The van der Waals surface area contributed by atoms with E-state index in [-0.39, 0.29) is 40.4 Å². The molecule has 0 saturated heterocycles. The number of aryl methyl sites for hydroxylation is 3. The number of ether oxygens (including phenoxy) is 1. The molecule has 0 aliphatic carbocycles. The Morgan fingerprint density at radius 1 is 1.16 bits per heavy atom. The van der Waals surface area contributed by atoms with Crippen molar-refractivity contribution in [2.45, 2.75) is 32.9 Å². The summed E-state index contributed by atoms with van der Waals surface area (Å²) in [5.74, 6) is -2.13. The van der Waals surface area contributed by atoms with Crippen molar-refractivity contribution in [3.8, 4) is 10.8 Å². The second kappa shape index (κ2) is 9.31. The number of amides is 2. The van der Waals surface area contributed by atoms with Gasteiger partial charge in [-0.25, -0.2) is 9.78 Å². The summed E-state index contributed by atoms with van der Waals surface area (Å²) >= 11 is 2.43. The van der Waals surface area contributed by atoms with E-state index in [1.807, 2.05) is 13.8 Å². The third-order valence-electron chi connectivity index (χ3n) is 3.89. The number of thioether (sulfide) groups is 1. The summed E-state index contributed by atoms with van der Waals surface area (Å²) in [4.78, 5) is 41.4. The van der Waals surface area contributed by atoms with E-state index in [2.05, 4.69) is 20.5 Å². The smallest absolute Gasteiger partial charge is 0.342 e. The molecule has 11 nitrogen and oxygen atoms in total. The van der Waals surface area contributed by atoms with E-state index in [1.54, 1.807) is 6.92 Å². The number of carbonyl (C=O) groups is 3. The molecule has 0 atom stereocenters. The zero-order chi connectivity index (χ0) is 22.7. The standard InChI is InChI=1S/C18H19N5O6S2/c1-5-27-17(26)11-8(3)28-15(12(11)14(19)25)21-10(24)6-30-18-23-22-16(29-18)13-7(2)20-9(4)31-13/h5-6H2,1-4H3,(H2,19,25)(H,21,24). The molecule has 0 bridgehead atoms. The summed E-state index contributed by atoms with van der Waals surface area (Å²) in [6, 6.07) is 0. The van der Waals surface area contributed by atoms with Crippen LogP contribution in [0.15, 0.2) is 14.1 Å². The summed E-state index contributed by atoms with van der Waals surface area (Å²) < 4.78 is 15.9. The zero-order valence-corrected chi connectivity index (χ0v) is 18.7. The third-order valence-corrected chi connectivity index (χ3v) is 5.77. The summed E-state index contributed by atoms with van der Waals surface area (Å²) in [7, 11) is 0. The highest BCUT2D eigenvalue weighted by Crippen LogP contribution is 2.31. The number of nitrogens with one attached hydrogen (secondary N) is 1. The van der Waals surface area contributed by atoms with E-state index in [9.17, 15) is 14.4 Å². The van der Waals surface area contributed by atoms with Gasteiger partial charge in [0.1, 0.15) is 21.8 Å². The molecule has 0 aliphatic rings. The fourth-order valence-corrected chi connectivity index (χ4v) is 4.10. The van der Waals surface area contributed by atoms with Gasteiger partial charge in [-0.3, -0.25) is 14.9 Å². The normalized spacial score (nSPS) is 10.8. The fourth-order valence-electron chi connectivity index (χ4n) is 2.70. The average molecular weight is 466 g/mol. The molecule has 0 saturated carbocycles. The molecule has 3 rings (SSSR count). The Morgan fingerprint density at radius 3 is 2.52 bits per heavy atom. The number of nitrogens with zero attached hydrogens (tertiary/aromatic N) is 3. The summed E-state index contributed by atoms with van der Waals surface area (Å²) in [6.07, 6.45) is 0. The Kier molecular flexibility index (Phi) is 6.75. The lowest BCUT2D eigenvalue weighted by Gasteiger charge is -2.04. The first kappa shape index (κ1) is 22.5. The topological polar surface area (TPSA) is 163 Å². The predicted octanol–water partition coefficient (Wildman–Crippen LogP) is 2.72. The van der Waals surface area contributed by atoms with Crippen LogP contribution in [0, 0.1) is 20.8 Å². The van der Waals surface area contributed by atoms with Crippen LogP contribution >= 0.6 is 23.1 Å². The molecular weight excluding hydrogens is 446 g/mol. The third kappa shape index (κ3) is 4.94. The molecular formula is C18H19N5O6S2. The Labute approximate surface area is 184 Å². The molecule has 0 fully saturated rings. The van der Waals surface area contributed by atoms with Gasteiger partial charge in [-0.2, -0.15) is 0 Å². The van der Waals surface area contributed by atoms with Gasteiger partial charge in [-0.15, -0.1) is 21.5 Å². The number of rotatable bonds is 8. The maximum absolute atomic E-state index is 12.4. The fraction of sp³-hybridized carbons (Fsp3) is 0.333. The number of hydrogen-bond acceptors (Lipinski definition) is 11. The number of esters is 1. The van der Waals surface area contributed by atoms with Crippen molar-refractivity contribution in [3.05, 3.63) is 27.6 Å². The van der Waals surface area contributed by atoms with Crippen LogP contribution in [0.4, 0.5) is 5.88 Å². The highest BCUT2D eigenvalue weighted by atomic mass is 32.2. The molecule has 3 heterocycles. The van der Waals surface area contributed by atoms with Crippen LogP contribution in [0.3, 0.4) is 0 Å². The van der Waals surface area contributed by atoms with Crippen LogP contribution in [-0.4, -0.2) is 45.3 Å². The van der Waals surface area contributed by atoms with Crippen molar-refractivity contribution in [3.63, 3.8) is 0 Å². The van der Waals surface area contributed by atoms with Crippen LogP contribution in [0.25, 0.3) is 10.8 Å². The van der Waals surface area contributed by atoms with Gasteiger partial charge < -0.3 is 19.3 Å². The Balaban J connectivity index is 1.69. The molecule has 3 aromatic heterocycles. The average Bonchev–Trinajstić information content (AvgIpc) is 3.37. The summed E-state index contributed by atoms with van der Waals surface area (Å²) in [6.45, 7) is 6.91. The highest BCUT2D eigenvalue weighted by molar-refractivity contribution is 7.99. The van der Waals surface area contributed by atoms with E-state index in [0.717, 1.165) is 27.3 Å². The van der Waals surface area contributed by atoms with Crippen molar-refractivity contribution in [2.24, 2.45) is 5.73 Å². The lowest BCUT2D eigenvalue weighted by atomic mass is 10.1. The number of anilines is 1. The van der Waals surface area contributed by atoms with Crippen molar-refractivity contribution in [1.82, 2.24) is 15.2 Å². The highest BCUT2D eigenvalue weighted by Gasteiger charge is 2.29. The van der Waals surface area contributed by atoms with Crippen molar-refractivity contribution >= 4 is 46.8 Å². The van der Waals surface area contributed by atoms with Gasteiger partial charge in [-0.1, -0.05) is 11.8 Å². The predicted molar refractivity (Wildman–Crippen MR) is 112 cm³/mol. The molecule has 164 valence electrons. The van der Waals surface area contributed by atoms with E-state index in [4.69, 9.17) is 19.3 Å². The lowest BCUT2D eigenvalue weighted by molar-refractivity contribution is -0.113. The Hall–Kier alpha value is -3.19. The quantitative estimate of drug-likeness (QED) is 0.373. The molecule has 13 heteroatoms. The number of hydrogen-bond donors (Lipinski definition) is 2. The number of thiazole rings is 1. The van der Waals surface area contributed by atoms with E-state index in [1.165, 1.54) is 18.3 Å². The van der Waals surface area contributed by atoms with Gasteiger partial charge in [0.15, 0.2) is 0 Å². The van der Waals surface area contributed by atoms with Gasteiger partial charge in [0.05, 0.1) is 23.1 Å². The zero-order valence-electron chi connectivity index (χ0n) is 17.1. The van der Waals surface area contributed by atoms with Crippen LogP contribution in [0.2, 0.25) is 0 Å². The van der Waals surface area contributed by atoms with Crippen LogP contribution < -0.4 is 11.1 Å². The molecule has 0 aromatic carbocycles. The monoisotopic (exact) mass is 465 g/mol. The van der Waals surface area contributed by atoms with Crippen LogP contribution in [0.1, 0.15) is 44.1 Å². The minimum atomic E-state index is -0.931. The first-order chi connectivity index (χ1) is 14.7. The molecule has 3 aromatic rings. The molecule has 2 amide bonds. The van der Waals surface area contributed by atoms with E-state index < -0.39 is 17.8 Å². The molecule has 3 N–H and O–H groups in total. The summed E-state index contributed by atoms with van der Waals surface area (Å²) in [5.41, 5.74) is 5.80. The second-order valence-electron chi connectivity index (χ2n) is 6.18. The van der Waals surface area contributed by atoms with Gasteiger partial charge in [0, 0.05) is 0 Å². The SMILES string of the molecule is CCOC(=O)c1c(C)oc(NC(=O)CSc2nnc(-c3sc(C)nc3C)o2)c1C(N)=O. The van der Waals surface area contributed by atoms with Crippen molar-refractivity contribution in [2.75, 3.05) is 17.7 Å². The number of primary amides is 1. The summed E-state index contributed by atoms with van der Waals surface area (Å²) in [5, 5.41) is 11.4. The van der Waals surface area contributed by atoms with Crippen LogP contribution in [-0.2, 0) is 9.53 Å². The first-order valence-corrected chi connectivity index (χ1v) is 10.8. The first-order valence-electron chi connectivity index (χ1n) is 9.02. The minimum Gasteiger partial charge on any atom is -0.462 e. The van der Waals surface area contributed by atoms with Crippen molar-refractivity contribution < 1.29 is 28.0 Å². The second-order valence-corrected chi connectivity index (χ2v) is 8.31. The molecule has 0 unspecified atom stereocenters. The van der Waals surface area contributed by atoms with Crippen molar-refractivity contribution in [1.29, 1.82) is 0 Å². The van der Waals surface area contributed by atoms with E-state index in [0.29, 0.717) is 5.89 Å². The number of aromatic nitrogens is 3. The number of furan rings is 1. The molecule has 0 radical (unpaired) electrons. The maximum atomic E-state index is 12.4. The van der Waals surface area contributed by atoms with Crippen LogP contribution in [0.5, 0.6) is 0 Å².